The monoisotopic (exact) mass is 1470 g/mol. The minimum atomic E-state index is -1.98. The molecule has 3 aliphatic rings. The lowest BCUT2D eigenvalue weighted by Crippen LogP contribution is -2.66. The molecular formula is C84H157NO18. The van der Waals surface area contributed by atoms with Crippen LogP contribution >= 0.6 is 0 Å². The first-order valence-corrected chi connectivity index (χ1v) is 42.7. The van der Waals surface area contributed by atoms with Gasteiger partial charge < -0.3 is 89.9 Å². The number of hydrogen-bond donors (Lipinski definition) is 12. The molecule has 0 aromatic carbocycles. The second-order valence-corrected chi connectivity index (χ2v) is 30.6. The quantitative estimate of drug-likeness (QED) is 0.0199. The highest BCUT2D eigenvalue weighted by Crippen LogP contribution is 2.33. The summed E-state index contributed by atoms with van der Waals surface area (Å²) in [7, 11) is 0. The SMILES string of the molecule is CCCCCCCCCC/C=C\CCCCCCCCCCCCCCCCCCCCCCCC(=O)NC(COC1OC(CO)C(OC2OC(CO)C(OC3OC(CO)C(O)C(O)C3O)C(O)C2O)C(O)C1O)C(O)/C=C/CC/C=C/CCCCCCCCCCCCCCCCCCCCC. The third-order valence-electron chi connectivity index (χ3n) is 21.4. The van der Waals surface area contributed by atoms with Crippen LogP contribution in [0.2, 0.25) is 0 Å². The molecule has 0 aromatic heterocycles. The number of unbranched alkanes of at least 4 members (excludes halogenated alkanes) is 49. The Hall–Kier alpha value is -1.99. The Morgan fingerprint density at radius 3 is 0.971 bits per heavy atom. The Morgan fingerprint density at radius 2 is 0.621 bits per heavy atom. The summed E-state index contributed by atoms with van der Waals surface area (Å²) in [6, 6.07) is -0.990. The van der Waals surface area contributed by atoms with E-state index in [0.717, 1.165) is 38.5 Å². The standard InChI is InChI=1S/C84H157NO18/c1-3-5-7-9-11-13-15-17-19-21-23-25-27-29-30-31-32-33-34-35-36-38-40-42-44-46-48-50-52-54-56-58-60-62-72(90)85-67(68(89)61-59-57-55-53-51-49-47-45-43-41-39-37-28-26-24-22-20-18-16-14-12-10-8-6-4-2)66-98-82-78(96)75(93)80(70(64-87)100-82)103-84-79(97)76(94)81(71(65-88)101-84)102-83-77(95)74(92)73(91)69(63-86)99-83/h21,23,51,53,59,61,67-71,73-84,86-89,91-97H,3-20,22,24-50,52,54-58,60,62-66H2,1-2H3,(H,85,90)/b23-21-,53-51+,61-59+. The minimum Gasteiger partial charge on any atom is -0.394 e. The summed E-state index contributed by atoms with van der Waals surface area (Å²) >= 11 is 0. The van der Waals surface area contributed by atoms with Crippen LogP contribution in [0.5, 0.6) is 0 Å². The second-order valence-electron chi connectivity index (χ2n) is 30.6. The Kier molecular flexibility index (Phi) is 59.9. The van der Waals surface area contributed by atoms with E-state index in [4.69, 9.17) is 28.4 Å². The molecule has 19 heteroatoms. The Balaban J connectivity index is 1.35. The van der Waals surface area contributed by atoms with Gasteiger partial charge in [0.15, 0.2) is 18.9 Å². The predicted octanol–water partition coefficient (Wildman–Crippen LogP) is 15.1. The van der Waals surface area contributed by atoms with Crippen LogP contribution in [0.25, 0.3) is 0 Å². The van der Waals surface area contributed by atoms with Gasteiger partial charge in [0.1, 0.15) is 73.2 Å². The van der Waals surface area contributed by atoms with Gasteiger partial charge in [-0.25, -0.2) is 0 Å². The first-order chi connectivity index (χ1) is 50.3. The van der Waals surface area contributed by atoms with Crippen LogP contribution in [-0.4, -0.2) is 193 Å². The number of aliphatic hydroxyl groups is 11. The van der Waals surface area contributed by atoms with Crippen LogP contribution in [-0.2, 0) is 33.2 Å². The number of ether oxygens (including phenoxy) is 6. The second kappa shape index (κ2) is 64.8. The van der Waals surface area contributed by atoms with Gasteiger partial charge in [-0.15, -0.1) is 0 Å². The summed E-state index contributed by atoms with van der Waals surface area (Å²) < 4.78 is 34.5. The van der Waals surface area contributed by atoms with Crippen molar-refractivity contribution in [3.05, 3.63) is 36.5 Å². The van der Waals surface area contributed by atoms with Crippen LogP contribution in [0.15, 0.2) is 36.5 Å². The Bertz CT molecular complexity index is 2000. The molecule has 3 fully saturated rings. The van der Waals surface area contributed by atoms with Gasteiger partial charge in [-0.1, -0.05) is 333 Å². The van der Waals surface area contributed by atoms with Gasteiger partial charge in [-0.2, -0.15) is 0 Å². The van der Waals surface area contributed by atoms with Crippen molar-refractivity contribution in [3.8, 4) is 0 Å². The molecule has 3 saturated heterocycles. The smallest absolute Gasteiger partial charge is 0.220 e. The van der Waals surface area contributed by atoms with Crippen LogP contribution in [0.4, 0.5) is 0 Å². The lowest BCUT2D eigenvalue weighted by atomic mass is 9.96. The van der Waals surface area contributed by atoms with E-state index < -0.39 is 124 Å². The van der Waals surface area contributed by atoms with Gasteiger partial charge in [0.25, 0.3) is 0 Å². The van der Waals surface area contributed by atoms with Crippen LogP contribution < -0.4 is 5.32 Å². The average Bonchev–Trinajstić information content (AvgIpc) is 0.781. The van der Waals surface area contributed by atoms with Crippen molar-refractivity contribution in [2.75, 3.05) is 26.4 Å². The Morgan fingerprint density at radius 1 is 0.340 bits per heavy atom. The normalized spacial score (nSPS) is 26.2. The highest BCUT2D eigenvalue weighted by atomic mass is 16.8. The lowest BCUT2D eigenvalue weighted by molar-refractivity contribution is -0.379. The summed E-state index contributed by atoms with van der Waals surface area (Å²) in [5, 5.41) is 121. The van der Waals surface area contributed by atoms with E-state index in [1.54, 1.807) is 6.08 Å². The molecule has 3 rings (SSSR count). The first kappa shape index (κ1) is 95.2. The molecule has 3 heterocycles. The van der Waals surface area contributed by atoms with E-state index in [9.17, 15) is 61.0 Å². The third-order valence-corrected chi connectivity index (χ3v) is 21.4. The number of aliphatic hydroxyl groups excluding tert-OH is 11. The maximum absolute atomic E-state index is 13.5. The van der Waals surface area contributed by atoms with Gasteiger partial charge in [-0.3, -0.25) is 4.79 Å². The maximum atomic E-state index is 13.5. The fraction of sp³-hybridized carbons (Fsp3) is 0.917. The summed E-state index contributed by atoms with van der Waals surface area (Å²) in [5.41, 5.74) is 0. The third kappa shape index (κ3) is 44.5. The van der Waals surface area contributed by atoms with E-state index in [2.05, 4.69) is 43.5 Å². The zero-order valence-corrected chi connectivity index (χ0v) is 65.1. The molecule has 0 aliphatic carbocycles. The predicted molar refractivity (Wildman–Crippen MR) is 411 cm³/mol. The van der Waals surface area contributed by atoms with Crippen LogP contribution in [0, 0.1) is 0 Å². The van der Waals surface area contributed by atoms with E-state index in [1.165, 1.54) is 289 Å². The summed E-state index contributed by atoms with van der Waals surface area (Å²) in [5.74, 6) is -0.278. The zero-order valence-electron chi connectivity index (χ0n) is 65.1. The number of amides is 1. The summed E-state index contributed by atoms with van der Waals surface area (Å²) in [4.78, 5) is 13.5. The molecular weight excluding hydrogens is 1310 g/mol. The van der Waals surface area contributed by atoms with Gasteiger partial charge in [-0.05, 0) is 57.8 Å². The summed E-state index contributed by atoms with van der Waals surface area (Å²) in [6.45, 7) is 1.78. The molecule has 0 radical (unpaired) electrons. The molecule has 0 spiro atoms. The van der Waals surface area contributed by atoms with E-state index in [1.807, 2.05) is 6.08 Å². The highest BCUT2D eigenvalue weighted by Gasteiger charge is 2.54. The van der Waals surface area contributed by atoms with Crippen LogP contribution in [0.3, 0.4) is 0 Å². The summed E-state index contributed by atoms with van der Waals surface area (Å²) in [6.07, 6.45) is 54.4. The molecule has 606 valence electrons. The topological polar surface area (TPSA) is 307 Å². The number of carbonyl (C=O) groups is 1. The number of hydrogen-bond acceptors (Lipinski definition) is 18. The Labute approximate surface area is 625 Å². The molecule has 103 heavy (non-hydrogen) atoms. The van der Waals surface area contributed by atoms with E-state index in [0.29, 0.717) is 12.8 Å². The van der Waals surface area contributed by atoms with Crippen LogP contribution in [0.1, 0.15) is 361 Å². The fourth-order valence-electron chi connectivity index (χ4n) is 14.6. The van der Waals surface area contributed by atoms with Crippen molar-refractivity contribution in [2.45, 2.75) is 465 Å². The zero-order chi connectivity index (χ0) is 74.6. The number of rotatable bonds is 69. The van der Waals surface area contributed by atoms with Crippen molar-refractivity contribution in [3.63, 3.8) is 0 Å². The molecule has 1 amide bonds. The van der Waals surface area contributed by atoms with Gasteiger partial charge in [0.2, 0.25) is 5.91 Å². The van der Waals surface area contributed by atoms with Gasteiger partial charge >= 0.3 is 0 Å². The molecule has 17 atom stereocenters. The largest absolute Gasteiger partial charge is 0.394 e. The van der Waals surface area contributed by atoms with Crippen molar-refractivity contribution in [2.24, 2.45) is 0 Å². The molecule has 0 bridgehead atoms. The highest BCUT2D eigenvalue weighted by molar-refractivity contribution is 5.76. The fourth-order valence-corrected chi connectivity index (χ4v) is 14.6. The molecule has 17 unspecified atom stereocenters. The number of nitrogens with one attached hydrogen (secondary N) is 1. The molecule has 3 aliphatic heterocycles. The molecule has 12 N–H and O–H groups in total. The number of allylic oxidation sites excluding steroid dienone is 5. The molecule has 19 nitrogen and oxygen atoms in total. The lowest BCUT2D eigenvalue weighted by Gasteiger charge is -2.48. The van der Waals surface area contributed by atoms with Crippen molar-refractivity contribution >= 4 is 5.91 Å². The van der Waals surface area contributed by atoms with Crippen molar-refractivity contribution in [1.29, 1.82) is 0 Å². The first-order valence-electron chi connectivity index (χ1n) is 42.7. The van der Waals surface area contributed by atoms with E-state index in [-0.39, 0.29) is 18.9 Å². The van der Waals surface area contributed by atoms with Gasteiger partial charge in [0, 0.05) is 6.42 Å². The maximum Gasteiger partial charge on any atom is 0.220 e. The molecule has 0 saturated carbocycles. The van der Waals surface area contributed by atoms with Gasteiger partial charge in [0.05, 0.1) is 38.6 Å². The van der Waals surface area contributed by atoms with Crippen molar-refractivity contribution < 1.29 is 89.4 Å². The van der Waals surface area contributed by atoms with Crippen molar-refractivity contribution in [1.82, 2.24) is 5.32 Å². The minimum absolute atomic E-state index is 0.240. The van der Waals surface area contributed by atoms with E-state index >= 15 is 0 Å². The molecule has 0 aromatic rings. The number of carbonyl (C=O) groups excluding carboxylic acids is 1. The average molecular weight is 1470 g/mol.